The first-order chi connectivity index (χ1) is 16.7. The van der Waals surface area contributed by atoms with Crippen LogP contribution in [-0.2, 0) is 24.1 Å². The summed E-state index contributed by atoms with van der Waals surface area (Å²) < 4.78 is 45.4. The smallest absolute Gasteiger partial charge is 0.416 e. The fourth-order valence-corrected chi connectivity index (χ4v) is 4.11. The normalized spacial score (nSPS) is 15.7. The number of nitrogens with zero attached hydrogens (tertiary/aromatic N) is 1. The van der Waals surface area contributed by atoms with Gasteiger partial charge in [-0.05, 0) is 54.4 Å². The number of benzene rings is 3. The molecule has 9 heteroatoms. The summed E-state index contributed by atoms with van der Waals surface area (Å²) in [7, 11) is 0. The van der Waals surface area contributed by atoms with Crippen molar-refractivity contribution < 1.29 is 27.5 Å². The van der Waals surface area contributed by atoms with Crippen molar-refractivity contribution in [2.24, 2.45) is 0 Å². The number of rotatable bonds is 5. The molecule has 2 amide bonds. The zero-order valence-corrected chi connectivity index (χ0v) is 19.5. The summed E-state index contributed by atoms with van der Waals surface area (Å²) in [6.45, 7) is 1.89. The van der Waals surface area contributed by atoms with Gasteiger partial charge in [0.2, 0.25) is 0 Å². The van der Waals surface area contributed by atoms with Crippen LogP contribution in [-0.4, -0.2) is 22.8 Å². The third-order valence-electron chi connectivity index (χ3n) is 5.65. The van der Waals surface area contributed by atoms with Gasteiger partial charge >= 0.3 is 6.18 Å². The van der Waals surface area contributed by atoms with E-state index < -0.39 is 23.8 Å². The van der Waals surface area contributed by atoms with Gasteiger partial charge in [0, 0.05) is 24.3 Å². The van der Waals surface area contributed by atoms with E-state index in [2.05, 4.69) is 5.32 Å². The van der Waals surface area contributed by atoms with Gasteiger partial charge in [-0.2, -0.15) is 13.2 Å². The largest absolute Gasteiger partial charge is 0.480 e. The summed E-state index contributed by atoms with van der Waals surface area (Å²) in [5, 5.41) is 3.10. The van der Waals surface area contributed by atoms with E-state index in [9.17, 15) is 22.8 Å². The molecule has 1 heterocycles. The summed E-state index contributed by atoms with van der Waals surface area (Å²) in [6.07, 6.45) is -4.86. The highest BCUT2D eigenvalue weighted by molar-refractivity contribution is 6.34. The minimum atomic E-state index is -4.48. The molecule has 0 aromatic heterocycles. The number of amides is 2. The highest BCUT2D eigenvalue weighted by Crippen LogP contribution is 2.32. The number of halogens is 4. The van der Waals surface area contributed by atoms with Crippen LogP contribution < -0.4 is 10.1 Å². The van der Waals surface area contributed by atoms with Gasteiger partial charge < -0.3 is 15.0 Å². The first kappa shape index (κ1) is 24.6. The predicted octanol–water partition coefficient (Wildman–Crippen LogP) is 6.31. The van der Waals surface area contributed by atoms with Gasteiger partial charge in [-0.25, -0.2) is 0 Å². The van der Waals surface area contributed by atoms with Crippen molar-refractivity contribution in [2.75, 3.05) is 5.32 Å². The molecule has 0 fully saturated rings. The lowest BCUT2D eigenvalue weighted by molar-refractivity contribution is -0.139. The average molecular weight is 503 g/mol. The van der Waals surface area contributed by atoms with E-state index in [-0.39, 0.29) is 19.0 Å². The van der Waals surface area contributed by atoms with Crippen LogP contribution in [0, 0.1) is 0 Å². The number of fused-ring (bicyclic) bond motifs is 1. The zero-order valence-electron chi connectivity index (χ0n) is 18.7. The van der Waals surface area contributed by atoms with Crippen molar-refractivity contribution in [2.45, 2.75) is 38.7 Å². The Kier molecular flexibility index (Phi) is 7.03. The third-order valence-corrected chi connectivity index (χ3v) is 5.98. The van der Waals surface area contributed by atoms with E-state index in [1.54, 1.807) is 55.5 Å². The number of hydrogen-bond acceptors (Lipinski definition) is 3. The Morgan fingerprint density at radius 2 is 1.89 bits per heavy atom. The van der Waals surface area contributed by atoms with E-state index in [0.717, 1.165) is 12.1 Å². The molecule has 0 bridgehead atoms. The Balaban J connectivity index is 1.60. The van der Waals surface area contributed by atoms with Gasteiger partial charge in [-0.3, -0.25) is 9.59 Å². The van der Waals surface area contributed by atoms with Crippen LogP contribution in [0.1, 0.15) is 40.4 Å². The van der Waals surface area contributed by atoms with E-state index >= 15 is 0 Å². The number of carbonyl (C=O) groups excluding carboxylic acids is 2. The molecule has 3 aromatic rings. The van der Waals surface area contributed by atoms with Gasteiger partial charge in [0.05, 0.1) is 16.1 Å². The monoisotopic (exact) mass is 502 g/mol. The highest BCUT2D eigenvalue weighted by atomic mass is 35.5. The zero-order chi connectivity index (χ0) is 25.2. The molecule has 0 spiro atoms. The second kappa shape index (κ2) is 10.00. The average Bonchev–Trinajstić information content (AvgIpc) is 2.95. The number of alkyl halides is 3. The Morgan fingerprint density at radius 1 is 1.11 bits per heavy atom. The van der Waals surface area contributed by atoms with Crippen molar-refractivity contribution in [3.63, 3.8) is 0 Å². The molecule has 0 radical (unpaired) electrons. The van der Waals surface area contributed by atoms with Crippen LogP contribution in [0.2, 0.25) is 5.02 Å². The van der Waals surface area contributed by atoms with Gasteiger partial charge in [0.15, 0.2) is 6.10 Å². The molecular formula is C26H22ClF3N2O3. The summed E-state index contributed by atoms with van der Waals surface area (Å²) in [6, 6.07) is 16.6. The van der Waals surface area contributed by atoms with Crippen LogP contribution in [0.3, 0.4) is 0 Å². The highest BCUT2D eigenvalue weighted by Gasteiger charge is 2.32. The second-order valence-electron chi connectivity index (χ2n) is 8.16. The first-order valence-electron chi connectivity index (χ1n) is 11.0. The fraction of sp³-hybridized carbons (Fsp3) is 0.231. The first-order valence-corrected chi connectivity index (χ1v) is 11.3. The van der Waals surface area contributed by atoms with Crippen LogP contribution in [0.25, 0.3) is 0 Å². The lowest BCUT2D eigenvalue weighted by atomic mass is 10.1. The van der Waals surface area contributed by atoms with E-state index in [1.807, 2.05) is 0 Å². The number of nitrogens with one attached hydrogen (secondary N) is 1. The molecule has 1 aliphatic rings. The predicted molar refractivity (Wildman–Crippen MR) is 126 cm³/mol. The van der Waals surface area contributed by atoms with Crippen molar-refractivity contribution in [1.29, 1.82) is 0 Å². The molecule has 35 heavy (non-hydrogen) atoms. The lowest BCUT2D eigenvalue weighted by Crippen LogP contribution is -2.38. The summed E-state index contributed by atoms with van der Waals surface area (Å²) in [5.74, 6) is -0.233. The maximum absolute atomic E-state index is 13.2. The minimum absolute atomic E-state index is 0.0156. The van der Waals surface area contributed by atoms with Crippen molar-refractivity contribution in [3.05, 3.63) is 94.0 Å². The van der Waals surface area contributed by atoms with Crippen LogP contribution in [0.4, 0.5) is 18.9 Å². The van der Waals surface area contributed by atoms with Crippen LogP contribution >= 0.6 is 11.6 Å². The molecule has 4 rings (SSSR count). The van der Waals surface area contributed by atoms with Gasteiger partial charge in [0.1, 0.15) is 5.75 Å². The molecule has 1 unspecified atom stereocenters. The van der Waals surface area contributed by atoms with Crippen LogP contribution in [0.5, 0.6) is 5.75 Å². The lowest BCUT2D eigenvalue weighted by Gasteiger charge is -2.23. The maximum Gasteiger partial charge on any atom is 0.416 e. The number of carbonyl (C=O) groups is 2. The van der Waals surface area contributed by atoms with Gasteiger partial charge in [0.25, 0.3) is 11.8 Å². The number of ether oxygens (including phenoxy) is 1. The third kappa shape index (κ3) is 5.59. The standard InChI is InChI=1S/C26H22ClF3N2O3/c1-2-22-25(34)32(14-16-6-5-7-18(12-16)26(28,29)30)15-17-13-19(10-11-23(17)35-22)31-24(33)20-8-3-4-9-21(20)27/h3-13,22H,2,14-15H2,1H3,(H,31,33). The van der Waals surface area contributed by atoms with Crippen molar-refractivity contribution in [3.8, 4) is 5.75 Å². The molecule has 5 nitrogen and oxygen atoms in total. The fourth-order valence-electron chi connectivity index (χ4n) is 3.89. The van der Waals surface area contributed by atoms with Gasteiger partial charge in [-0.1, -0.05) is 42.8 Å². The van der Waals surface area contributed by atoms with Crippen molar-refractivity contribution in [1.82, 2.24) is 4.90 Å². The Labute approximate surface area is 205 Å². The van der Waals surface area contributed by atoms with E-state index in [1.165, 1.54) is 11.0 Å². The molecule has 1 atom stereocenters. The Bertz CT molecular complexity index is 1260. The minimum Gasteiger partial charge on any atom is -0.480 e. The molecule has 0 saturated carbocycles. The topological polar surface area (TPSA) is 58.6 Å². The molecule has 0 aliphatic carbocycles. The van der Waals surface area contributed by atoms with E-state index in [4.69, 9.17) is 16.3 Å². The molecule has 1 aliphatic heterocycles. The second-order valence-corrected chi connectivity index (χ2v) is 8.57. The summed E-state index contributed by atoms with van der Waals surface area (Å²) in [4.78, 5) is 27.2. The van der Waals surface area contributed by atoms with Gasteiger partial charge in [-0.15, -0.1) is 0 Å². The molecule has 1 N–H and O–H groups in total. The SMILES string of the molecule is CCC1Oc2ccc(NC(=O)c3ccccc3Cl)cc2CN(Cc2cccc(C(F)(F)F)c2)C1=O. The Hall–Kier alpha value is -3.52. The van der Waals surface area contributed by atoms with Crippen molar-refractivity contribution >= 4 is 29.1 Å². The number of anilines is 1. The number of hydrogen-bond donors (Lipinski definition) is 1. The summed E-state index contributed by atoms with van der Waals surface area (Å²) >= 11 is 6.11. The molecule has 182 valence electrons. The quantitative estimate of drug-likeness (QED) is 0.445. The van der Waals surface area contributed by atoms with Crippen LogP contribution in [0.15, 0.2) is 66.7 Å². The Morgan fingerprint density at radius 3 is 2.60 bits per heavy atom. The maximum atomic E-state index is 13.2. The molecule has 3 aromatic carbocycles. The summed E-state index contributed by atoms with van der Waals surface area (Å²) in [5.41, 5.74) is 0.991. The molecular weight excluding hydrogens is 481 g/mol. The molecule has 0 saturated heterocycles. The van der Waals surface area contributed by atoms with E-state index in [0.29, 0.717) is 39.6 Å².